The normalized spacial score (nSPS) is 15.1. The van der Waals surface area contributed by atoms with E-state index in [1.807, 2.05) is 41.7 Å². The fourth-order valence-corrected chi connectivity index (χ4v) is 4.28. The Hall–Kier alpha value is -3.01. The summed E-state index contributed by atoms with van der Waals surface area (Å²) >= 11 is 0. The Kier molecular flexibility index (Phi) is 6.14. The molecule has 1 aliphatic heterocycles. The van der Waals surface area contributed by atoms with Crippen LogP contribution in [0.15, 0.2) is 55.0 Å². The minimum atomic E-state index is -0.00754. The zero-order valence-electron chi connectivity index (χ0n) is 19.9. The molecule has 32 heavy (non-hydrogen) atoms. The lowest BCUT2D eigenvalue weighted by Gasteiger charge is -2.30. The van der Waals surface area contributed by atoms with E-state index in [2.05, 4.69) is 62.8 Å². The van der Waals surface area contributed by atoms with Crippen molar-refractivity contribution in [3.05, 3.63) is 71.8 Å². The lowest BCUT2D eigenvalue weighted by atomic mass is 9.90. The number of amides is 1. The first-order valence-corrected chi connectivity index (χ1v) is 11.5. The SMILES string of the molecule is Cc1cc(C(=O)N2CCC(C)CC2)ccc1-c1cncc(-c2ccnc(C(C)(C)C)c2)c1. The van der Waals surface area contributed by atoms with Crippen molar-refractivity contribution in [3.63, 3.8) is 0 Å². The minimum Gasteiger partial charge on any atom is -0.339 e. The van der Waals surface area contributed by atoms with Gasteiger partial charge in [-0.05, 0) is 72.7 Å². The van der Waals surface area contributed by atoms with Crippen molar-refractivity contribution in [2.75, 3.05) is 13.1 Å². The molecule has 1 amide bonds. The highest BCUT2D eigenvalue weighted by Crippen LogP contribution is 2.30. The predicted molar refractivity (Wildman–Crippen MR) is 131 cm³/mol. The van der Waals surface area contributed by atoms with Crippen molar-refractivity contribution < 1.29 is 4.79 Å². The summed E-state index contributed by atoms with van der Waals surface area (Å²) in [5.74, 6) is 0.854. The van der Waals surface area contributed by atoms with Gasteiger partial charge in [-0.3, -0.25) is 14.8 Å². The molecule has 4 heteroatoms. The highest BCUT2D eigenvalue weighted by molar-refractivity contribution is 5.95. The summed E-state index contributed by atoms with van der Waals surface area (Å²) in [6.45, 7) is 12.6. The van der Waals surface area contributed by atoms with E-state index in [9.17, 15) is 4.79 Å². The van der Waals surface area contributed by atoms with Crippen LogP contribution in [0.2, 0.25) is 0 Å². The third-order valence-electron chi connectivity index (χ3n) is 6.46. The molecule has 0 spiro atoms. The molecule has 3 heterocycles. The summed E-state index contributed by atoms with van der Waals surface area (Å²) in [4.78, 5) is 24.0. The van der Waals surface area contributed by atoms with Crippen LogP contribution in [0.5, 0.6) is 0 Å². The van der Waals surface area contributed by atoms with E-state index in [4.69, 9.17) is 0 Å². The van der Waals surface area contributed by atoms with Gasteiger partial charge in [-0.25, -0.2) is 0 Å². The van der Waals surface area contributed by atoms with Crippen LogP contribution in [0.1, 0.15) is 62.2 Å². The molecule has 2 aromatic heterocycles. The van der Waals surface area contributed by atoms with Crippen LogP contribution < -0.4 is 0 Å². The van der Waals surface area contributed by atoms with Gasteiger partial charge in [0.05, 0.1) is 0 Å². The Labute approximate surface area is 191 Å². The van der Waals surface area contributed by atoms with E-state index in [0.717, 1.165) is 65.0 Å². The van der Waals surface area contributed by atoms with Crippen molar-refractivity contribution in [1.82, 2.24) is 14.9 Å². The largest absolute Gasteiger partial charge is 0.339 e. The molecule has 0 N–H and O–H groups in total. The molecular formula is C28H33N3O. The first kappa shape index (κ1) is 22.2. The van der Waals surface area contributed by atoms with Crippen LogP contribution in [0, 0.1) is 12.8 Å². The van der Waals surface area contributed by atoms with Gasteiger partial charge >= 0.3 is 0 Å². The molecule has 1 saturated heterocycles. The van der Waals surface area contributed by atoms with Crippen LogP contribution in [0.4, 0.5) is 0 Å². The molecule has 4 rings (SSSR count). The molecule has 0 aliphatic carbocycles. The van der Waals surface area contributed by atoms with Crippen LogP contribution in [-0.2, 0) is 5.41 Å². The summed E-state index contributed by atoms with van der Waals surface area (Å²) in [6.07, 6.45) is 7.84. The molecular weight excluding hydrogens is 394 g/mol. The number of likely N-dealkylation sites (tertiary alicyclic amines) is 1. The van der Waals surface area contributed by atoms with E-state index >= 15 is 0 Å². The second kappa shape index (κ2) is 8.85. The van der Waals surface area contributed by atoms with Crippen LogP contribution in [0.3, 0.4) is 0 Å². The second-order valence-corrected chi connectivity index (χ2v) is 10.1. The summed E-state index contributed by atoms with van der Waals surface area (Å²) < 4.78 is 0. The Morgan fingerprint density at radius 2 is 1.69 bits per heavy atom. The molecule has 1 aliphatic rings. The lowest BCUT2D eigenvalue weighted by molar-refractivity contribution is 0.0697. The maximum Gasteiger partial charge on any atom is 0.253 e. The third kappa shape index (κ3) is 4.74. The molecule has 0 atom stereocenters. The number of carbonyl (C=O) groups excluding carboxylic acids is 1. The Bertz CT molecular complexity index is 1120. The number of benzene rings is 1. The van der Waals surface area contributed by atoms with Gasteiger partial charge in [-0.1, -0.05) is 33.8 Å². The van der Waals surface area contributed by atoms with Gasteiger partial charge in [0, 0.05) is 59.5 Å². The van der Waals surface area contributed by atoms with E-state index in [1.165, 1.54) is 0 Å². The van der Waals surface area contributed by atoms with Crippen LogP contribution >= 0.6 is 0 Å². The summed E-state index contributed by atoms with van der Waals surface area (Å²) in [7, 11) is 0. The molecule has 3 aromatic rings. The number of piperidine rings is 1. The number of nitrogens with zero attached hydrogens (tertiary/aromatic N) is 3. The summed E-state index contributed by atoms with van der Waals surface area (Å²) in [6, 6.07) is 12.4. The van der Waals surface area contributed by atoms with Crippen molar-refractivity contribution in [1.29, 1.82) is 0 Å². The maximum absolute atomic E-state index is 13.0. The quantitative estimate of drug-likeness (QED) is 0.493. The van der Waals surface area contributed by atoms with Crippen molar-refractivity contribution in [2.45, 2.75) is 52.9 Å². The van der Waals surface area contributed by atoms with Gasteiger partial charge in [-0.2, -0.15) is 0 Å². The predicted octanol–water partition coefficient (Wildman–Crippen LogP) is 6.29. The van der Waals surface area contributed by atoms with Crippen LogP contribution in [-0.4, -0.2) is 33.9 Å². The van der Waals surface area contributed by atoms with Gasteiger partial charge in [-0.15, -0.1) is 0 Å². The Morgan fingerprint density at radius 1 is 0.969 bits per heavy atom. The van der Waals surface area contributed by atoms with Crippen molar-refractivity contribution in [3.8, 4) is 22.3 Å². The number of carbonyl (C=O) groups is 1. The number of rotatable bonds is 3. The number of hydrogen-bond acceptors (Lipinski definition) is 3. The number of hydrogen-bond donors (Lipinski definition) is 0. The minimum absolute atomic E-state index is 0.00754. The first-order valence-electron chi connectivity index (χ1n) is 11.5. The molecule has 1 fully saturated rings. The van der Waals surface area contributed by atoms with Gasteiger partial charge in [0.2, 0.25) is 0 Å². The third-order valence-corrected chi connectivity index (χ3v) is 6.46. The fraction of sp³-hybridized carbons (Fsp3) is 0.393. The van der Waals surface area contributed by atoms with Gasteiger partial charge in [0.1, 0.15) is 0 Å². The van der Waals surface area contributed by atoms with Crippen LogP contribution in [0.25, 0.3) is 22.3 Å². The molecule has 0 radical (unpaired) electrons. The molecule has 0 bridgehead atoms. The average Bonchev–Trinajstić information content (AvgIpc) is 2.78. The smallest absolute Gasteiger partial charge is 0.253 e. The molecule has 0 unspecified atom stereocenters. The Morgan fingerprint density at radius 3 is 2.38 bits per heavy atom. The topological polar surface area (TPSA) is 46.1 Å². The molecule has 166 valence electrons. The van der Waals surface area contributed by atoms with Gasteiger partial charge in [0.15, 0.2) is 0 Å². The second-order valence-electron chi connectivity index (χ2n) is 10.1. The molecule has 0 saturated carbocycles. The van der Waals surface area contributed by atoms with Crippen molar-refractivity contribution >= 4 is 5.91 Å². The highest BCUT2D eigenvalue weighted by Gasteiger charge is 2.22. The average molecular weight is 428 g/mol. The number of pyridine rings is 2. The summed E-state index contributed by atoms with van der Waals surface area (Å²) in [5, 5.41) is 0. The molecule has 4 nitrogen and oxygen atoms in total. The highest BCUT2D eigenvalue weighted by atomic mass is 16.2. The number of aryl methyl sites for hydroxylation is 1. The zero-order valence-corrected chi connectivity index (χ0v) is 19.9. The van der Waals surface area contributed by atoms with E-state index in [-0.39, 0.29) is 11.3 Å². The fourth-order valence-electron chi connectivity index (χ4n) is 4.28. The van der Waals surface area contributed by atoms with E-state index in [1.54, 1.807) is 0 Å². The Balaban J connectivity index is 1.60. The first-order chi connectivity index (χ1) is 15.2. The standard InChI is InChI=1S/C28H33N3O/c1-19-9-12-31(13-10-19)27(32)22-6-7-25(20(2)14-22)24-15-23(17-29-18-24)21-8-11-30-26(16-21)28(3,4)5/h6-8,11,14-19H,9-10,12-13H2,1-5H3. The molecule has 1 aromatic carbocycles. The monoisotopic (exact) mass is 427 g/mol. The number of aromatic nitrogens is 2. The van der Waals surface area contributed by atoms with Crippen molar-refractivity contribution in [2.24, 2.45) is 5.92 Å². The summed E-state index contributed by atoms with van der Waals surface area (Å²) in [5.41, 5.74) is 7.26. The van der Waals surface area contributed by atoms with E-state index < -0.39 is 0 Å². The van der Waals surface area contributed by atoms with E-state index in [0.29, 0.717) is 5.92 Å². The lowest BCUT2D eigenvalue weighted by Crippen LogP contribution is -2.37. The van der Waals surface area contributed by atoms with Gasteiger partial charge in [0.25, 0.3) is 5.91 Å². The maximum atomic E-state index is 13.0. The van der Waals surface area contributed by atoms with Gasteiger partial charge < -0.3 is 4.90 Å². The zero-order chi connectivity index (χ0) is 22.9.